The van der Waals surface area contributed by atoms with Gasteiger partial charge in [0.15, 0.2) is 0 Å². The smallest absolute Gasteiger partial charge is 0.256 e. The first kappa shape index (κ1) is 21.7. The fraction of sp³-hybridized carbons (Fsp3) is 0.760. The van der Waals surface area contributed by atoms with E-state index in [0.717, 1.165) is 62.5 Å². The third kappa shape index (κ3) is 3.27. The van der Waals surface area contributed by atoms with Gasteiger partial charge in [-0.25, -0.2) is 5.06 Å². The predicted molar refractivity (Wildman–Crippen MR) is 122 cm³/mol. The number of carbonyl (C=O) groups excluding carboxylic acids is 1. The van der Waals surface area contributed by atoms with E-state index in [4.69, 9.17) is 4.84 Å². The second-order valence-corrected chi connectivity index (χ2v) is 11.4. The van der Waals surface area contributed by atoms with E-state index in [2.05, 4.69) is 11.9 Å². The van der Waals surface area contributed by atoms with Gasteiger partial charge >= 0.3 is 0 Å². The van der Waals surface area contributed by atoms with Crippen LogP contribution in [-0.4, -0.2) is 51.3 Å². The topological polar surface area (TPSA) is 62.7 Å². The third-order valence-corrected chi connectivity index (χ3v) is 9.90. The maximum Gasteiger partial charge on any atom is 0.256 e. The van der Waals surface area contributed by atoms with E-state index in [1.165, 1.54) is 18.4 Å². The minimum atomic E-state index is -0.346. The molecule has 4 saturated carbocycles. The summed E-state index contributed by atoms with van der Waals surface area (Å²) in [4.78, 5) is 23.0. The molecule has 170 valence electrons. The minimum Gasteiger partial charge on any atom is -0.389 e. The second-order valence-electron chi connectivity index (χ2n) is 10.3. The molecule has 0 bridgehead atoms. The highest BCUT2D eigenvalue weighted by atomic mass is 32.2. The maximum absolute atomic E-state index is 12.8. The highest BCUT2D eigenvalue weighted by molar-refractivity contribution is 7.99. The first-order chi connectivity index (χ1) is 15.0. The van der Waals surface area contributed by atoms with Crippen LogP contribution in [0.1, 0.15) is 63.9 Å². The van der Waals surface area contributed by atoms with E-state index in [1.807, 2.05) is 24.5 Å². The van der Waals surface area contributed by atoms with Crippen LogP contribution in [0.5, 0.6) is 0 Å². The monoisotopic (exact) mass is 444 g/mol. The van der Waals surface area contributed by atoms with Gasteiger partial charge in [0.25, 0.3) is 5.91 Å². The molecule has 5 rings (SSSR count). The SMILES string of the molecule is CCCCCN(OCCC12CC3CC4(O)CC(C1)C342)C(=O)CSCCc1ccncc1. The van der Waals surface area contributed by atoms with Crippen LogP contribution >= 0.6 is 11.8 Å². The summed E-state index contributed by atoms with van der Waals surface area (Å²) in [6, 6.07) is 4.06. The lowest BCUT2D eigenvalue weighted by atomic mass is 9.11. The number of pyridine rings is 1. The van der Waals surface area contributed by atoms with Crippen molar-refractivity contribution in [3.63, 3.8) is 0 Å². The lowest BCUT2D eigenvalue weighted by Gasteiger charge is -2.94. The van der Waals surface area contributed by atoms with E-state index in [-0.39, 0.29) is 16.9 Å². The van der Waals surface area contributed by atoms with Gasteiger partial charge in [-0.3, -0.25) is 14.6 Å². The number of hydroxylamine groups is 2. The Labute approximate surface area is 190 Å². The van der Waals surface area contributed by atoms with Crippen molar-refractivity contribution in [3.05, 3.63) is 30.1 Å². The number of carbonyl (C=O) groups is 1. The quantitative estimate of drug-likeness (QED) is 0.364. The Kier molecular flexibility index (Phi) is 5.85. The normalized spacial score (nSPS) is 36.2. The Bertz CT molecular complexity index is 785. The molecule has 2 atom stereocenters. The van der Waals surface area contributed by atoms with Crippen molar-refractivity contribution in [2.24, 2.45) is 22.7 Å². The minimum absolute atomic E-state index is 0.0910. The van der Waals surface area contributed by atoms with Crippen molar-refractivity contribution in [1.82, 2.24) is 10.0 Å². The van der Waals surface area contributed by atoms with Crippen LogP contribution < -0.4 is 0 Å². The standard InChI is InChI=1S/C25H36N2O3S/c1-2-3-4-11-27(22(28)18-31-13-7-19-5-9-26-10-6-19)30-12-8-23-14-20-16-24(29)17-21(15-23)25(20,23)24/h5-6,9-10,20-21,29H,2-4,7-8,11-18H2,1H3. The van der Waals surface area contributed by atoms with Gasteiger partial charge in [0.2, 0.25) is 0 Å². The van der Waals surface area contributed by atoms with Gasteiger partial charge in [0, 0.05) is 24.4 Å². The first-order valence-corrected chi connectivity index (χ1v) is 13.3. The largest absolute Gasteiger partial charge is 0.389 e. The zero-order chi connectivity index (χ0) is 21.5. The van der Waals surface area contributed by atoms with Crippen LogP contribution in [0.2, 0.25) is 0 Å². The van der Waals surface area contributed by atoms with Crippen LogP contribution in [0.25, 0.3) is 0 Å². The molecular formula is C25H36N2O3S. The van der Waals surface area contributed by atoms with Crippen LogP contribution in [0.15, 0.2) is 24.5 Å². The molecule has 0 aromatic carbocycles. The molecule has 1 aromatic rings. The summed E-state index contributed by atoms with van der Waals surface area (Å²) < 4.78 is 0. The number of aliphatic hydroxyl groups is 1. The number of amides is 1. The Balaban J connectivity index is 1.07. The highest BCUT2D eigenvalue weighted by Crippen LogP contribution is 2.94. The predicted octanol–water partition coefficient (Wildman–Crippen LogP) is 4.25. The van der Waals surface area contributed by atoms with E-state index < -0.39 is 0 Å². The Morgan fingerprint density at radius 2 is 1.97 bits per heavy atom. The Morgan fingerprint density at radius 1 is 1.23 bits per heavy atom. The van der Waals surface area contributed by atoms with Gasteiger partial charge in [0.1, 0.15) is 0 Å². The van der Waals surface area contributed by atoms with Gasteiger partial charge in [0.05, 0.1) is 18.0 Å². The molecule has 4 aliphatic carbocycles. The number of thioether (sulfide) groups is 1. The average Bonchev–Trinajstić information content (AvgIpc) is 2.73. The number of nitrogens with zero attached hydrogens (tertiary/aromatic N) is 2. The first-order valence-electron chi connectivity index (χ1n) is 12.2. The van der Waals surface area contributed by atoms with E-state index in [0.29, 0.717) is 24.3 Å². The van der Waals surface area contributed by atoms with E-state index >= 15 is 0 Å². The number of aromatic nitrogens is 1. The van der Waals surface area contributed by atoms with Crippen molar-refractivity contribution < 1.29 is 14.7 Å². The molecule has 1 heterocycles. The fourth-order valence-corrected chi connectivity index (χ4v) is 8.66. The molecule has 5 nitrogen and oxygen atoms in total. The summed E-state index contributed by atoms with van der Waals surface area (Å²) >= 11 is 1.68. The van der Waals surface area contributed by atoms with Crippen molar-refractivity contribution >= 4 is 17.7 Å². The van der Waals surface area contributed by atoms with Gasteiger partial charge in [-0.1, -0.05) is 19.8 Å². The van der Waals surface area contributed by atoms with Crippen LogP contribution in [-0.2, 0) is 16.1 Å². The molecule has 0 aliphatic heterocycles. The number of hydrogen-bond acceptors (Lipinski definition) is 5. The lowest BCUT2D eigenvalue weighted by molar-refractivity contribution is -0.494. The maximum atomic E-state index is 12.8. The summed E-state index contributed by atoms with van der Waals surface area (Å²) in [5, 5.41) is 12.5. The van der Waals surface area contributed by atoms with Crippen LogP contribution in [0.4, 0.5) is 0 Å². The van der Waals surface area contributed by atoms with Gasteiger partial charge < -0.3 is 5.11 Å². The number of aryl methyl sites for hydroxylation is 1. The summed E-state index contributed by atoms with van der Waals surface area (Å²) in [7, 11) is 0. The van der Waals surface area contributed by atoms with Crippen LogP contribution in [0, 0.1) is 22.7 Å². The molecule has 1 N–H and O–H groups in total. The average molecular weight is 445 g/mol. The van der Waals surface area contributed by atoms with Crippen molar-refractivity contribution in [2.75, 3.05) is 24.7 Å². The second kappa shape index (κ2) is 8.35. The van der Waals surface area contributed by atoms with Gasteiger partial charge in [-0.15, -0.1) is 0 Å². The fourth-order valence-electron chi connectivity index (χ4n) is 7.82. The summed E-state index contributed by atoms with van der Waals surface area (Å²) in [5.74, 6) is 3.02. The molecule has 1 amide bonds. The molecular weight excluding hydrogens is 408 g/mol. The molecule has 0 radical (unpaired) electrons. The third-order valence-electron chi connectivity index (χ3n) is 8.96. The van der Waals surface area contributed by atoms with Crippen molar-refractivity contribution in [2.45, 2.75) is 70.3 Å². The van der Waals surface area contributed by atoms with E-state index in [9.17, 15) is 9.90 Å². The Hall–Kier alpha value is -1.11. The zero-order valence-electron chi connectivity index (χ0n) is 18.7. The van der Waals surface area contributed by atoms with Crippen molar-refractivity contribution in [3.8, 4) is 0 Å². The summed E-state index contributed by atoms with van der Waals surface area (Å²) in [5.41, 5.74) is 1.48. The van der Waals surface area contributed by atoms with E-state index in [1.54, 1.807) is 16.8 Å². The number of rotatable bonds is 13. The summed E-state index contributed by atoms with van der Waals surface area (Å²) in [6.07, 6.45) is 13.4. The molecule has 1 aromatic heterocycles. The number of hydrogen-bond donors (Lipinski definition) is 1. The van der Waals surface area contributed by atoms with Gasteiger partial charge in [-0.05, 0) is 85.6 Å². The van der Waals surface area contributed by atoms with Gasteiger partial charge in [-0.2, -0.15) is 11.8 Å². The molecule has 6 heteroatoms. The van der Waals surface area contributed by atoms with Crippen LogP contribution in [0.3, 0.4) is 0 Å². The molecule has 0 saturated heterocycles. The Morgan fingerprint density at radius 3 is 2.61 bits per heavy atom. The molecule has 2 unspecified atom stereocenters. The molecule has 4 aliphatic rings. The number of unbranched alkanes of at least 4 members (excludes halogenated alkanes) is 2. The highest BCUT2D eigenvalue weighted by Gasteiger charge is 2.93. The molecule has 1 spiro atoms. The lowest BCUT2D eigenvalue weighted by Crippen LogP contribution is -2.93. The zero-order valence-corrected chi connectivity index (χ0v) is 19.5. The molecule has 31 heavy (non-hydrogen) atoms. The molecule has 4 fully saturated rings. The summed E-state index contributed by atoms with van der Waals surface area (Å²) in [6.45, 7) is 3.47. The van der Waals surface area contributed by atoms with Crippen molar-refractivity contribution in [1.29, 1.82) is 0 Å².